The molecule has 0 aliphatic rings. The molecule has 0 radical (unpaired) electrons. The zero-order valence-corrected chi connectivity index (χ0v) is 10.8. The van der Waals surface area contributed by atoms with E-state index in [4.69, 9.17) is 0 Å². The fraction of sp³-hybridized carbons (Fsp3) is 0.857. The summed E-state index contributed by atoms with van der Waals surface area (Å²) in [7, 11) is 0. The largest absolute Gasteiger partial charge is 0.0993 e. The van der Waals surface area contributed by atoms with Crippen LogP contribution < -0.4 is 0 Å². The molecular formula is C14H28. The average Bonchev–Trinajstić information content (AvgIpc) is 2.17. The Morgan fingerprint density at radius 1 is 1.14 bits per heavy atom. The van der Waals surface area contributed by atoms with Crippen LogP contribution >= 0.6 is 0 Å². The minimum Gasteiger partial charge on any atom is -0.0993 e. The van der Waals surface area contributed by atoms with Gasteiger partial charge in [0, 0.05) is 0 Å². The molecular weight excluding hydrogens is 168 g/mol. The summed E-state index contributed by atoms with van der Waals surface area (Å²) in [4.78, 5) is 0. The summed E-state index contributed by atoms with van der Waals surface area (Å²) in [5.74, 6) is 2.20. The standard InChI is InChI=1S/C14H28/c1-7-9-10-14(12(5)8-2)13(6)11(3)4/h11-12,14H,6-10H2,1-5H3. The van der Waals surface area contributed by atoms with E-state index in [-0.39, 0.29) is 0 Å². The summed E-state index contributed by atoms with van der Waals surface area (Å²) in [6.07, 6.45) is 5.27. The Kier molecular flexibility index (Phi) is 6.96. The molecule has 0 amide bonds. The van der Waals surface area contributed by atoms with Crippen LogP contribution in [0.3, 0.4) is 0 Å². The van der Waals surface area contributed by atoms with Gasteiger partial charge in [0.1, 0.15) is 0 Å². The van der Waals surface area contributed by atoms with Gasteiger partial charge in [-0.15, -0.1) is 0 Å². The molecule has 0 fully saturated rings. The highest BCUT2D eigenvalue weighted by Gasteiger charge is 2.19. The van der Waals surface area contributed by atoms with Gasteiger partial charge >= 0.3 is 0 Å². The Morgan fingerprint density at radius 2 is 1.71 bits per heavy atom. The molecule has 0 aromatic rings. The minimum absolute atomic E-state index is 0.644. The van der Waals surface area contributed by atoms with Crippen LogP contribution in [0.15, 0.2) is 12.2 Å². The molecule has 0 rings (SSSR count). The Morgan fingerprint density at radius 3 is 2.07 bits per heavy atom. The monoisotopic (exact) mass is 196 g/mol. The van der Waals surface area contributed by atoms with Crippen LogP contribution in [0.1, 0.15) is 60.3 Å². The Balaban J connectivity index is 4.30. The first-order valence-electron chi connectivity index (χ1n) is 6.23. The maximum atomic E-state index is 4.28. The van der Waals surface area contributed by atoms with E-state index in [9.17, 15) is 0 Å². The number of rotatable bonds is 7. The first-order valence-corrected chi connectivity index (χ1v) is 6.23. The highest BCUT2D eigenvalue weighted by atomic mass is 14.2. The van der Waals surface area contributed by atoms with Gasteiger partial charge in [0.25, 0.3) is 0 Å². The smallest absolute Gasteiger partial charge is 0.0178 e. The second kappa shape index (κ2) is 7.09. The van der Waals surface area contributed by atoms with Gasteiger partial charge < -0.3 is 0 Å². The lowest BCUT2D eigenvalue weighted by molar-refractivity contribution is 0.346. The molecule has 0 saturated heterocycles. The van der Waals surface area contributed by atoms with E-state index in [0.717, 1.165) is 11.8 Å². The summed E-state index contributed by atoms with van der Waals surface area (Å²) in [6, 6.07) is 0. The first kappa shape index (κ1) is 13.7. The molecule has 0 heteroatoms. The normalized spacial score (nSPS) is 15.6. The van der Waals surface area contributed by atoms with Crippen LogP contribution in [0.2, 0.25) is 0 Å². The van der Waals surface area contributed by atoms with Crippen LogP contribution in [0.5, 0.6) is 0 Å². The minimum atomic E-state index is 0.644. The lowest BCUT2D eigenvalue weighted by Crippen LogP contribution is -2.16. The van der Waals surface area contributed by atoms with E-state index in [1.807, 2.05) is 0 Å². The van der Waals surface area contributed by atoms with E-state index in [1.165, 1.54) is 31.3 Å². The maximum Gasteiger partial charge on any atom is -0.0178 e. The third kappa shape index (κ3) is 4.30. The van der Waals surface area contributed by atoms with Crippen molar-refractivity contribution >= 4 is 0 Å². The van der Waals surface area contributed by atoms with E-state index in [1.54, 1.807) is 0 Å². The topological polar surface area (TPSA) is 0 Å². The predicted molar refractivity (Wildman–Crippen MR) is 66.4 cm³/mol. The van der Waals surface area contributed by atoms with Crippen LogP contribution in [0, 0.1) is 17.8 Å². The van der Waals surface area contributed by atoms with Crippen molar-refractivity contribution in [2.24, 2.45) is 17.8 Å². The van der Waals surface area contributed by atoms with Crippen molar-refractivity contribution in [3.8, 4) is 0 Å². The fourth-order valence-electron chi connectivity index (χ4n) is 1.97. The second-order valence-electron chi connectivity index (χ2n) is 4.86. The predicted octanol–water partition coefficient (Wildman–Crippen LogP) is 5.05. The molecule has 0 saturated carbocycles. The molecule has 0 heterocycles. The second-order valence-corrected chi connectivity index (χ2v) is 4.86. The number of hydrogen-bond donors (Lipinski definition) is 0. The van der Waals surface area contributed by atoms with Crippen molar-refractivity contribution in [3.05, 3.63) is 12.2 Å². The summed E-state index contributed by atoms with van der Waals surface area (Å²) in [5.41, 5.74) is 1.47. The van der Waals surface area contributed by atoms with Crippen molar-refractivity contribution in [3.63, 3.8) is 0 Å². The molecule has 0 nitrogen and oxygen atoms in total. The summed E-state index contributed by atoms with van der Waals surface area (Å²) < 4.78 is 0. The van der Waals surface area contributed by atoms with Crippen LogP contribution in [-0.4, -0.2) is 0 Å². The molecule has 2 unspecified atom stereocenters. The van der Waals surface area contributed by atoms with Crippen molar-refractivity contribution in [2.45, 2.75) is 60.3 Å². The molecule has 2 atom stereocenters. The Labute approximate surface area is 90.8 Å². The van der Waals surface area contributed by atoms with E-state index >= 15 is 0 Å². The van der Waals surface area contributed by atoms with Crippen molar-refractivity contribution in [2.75, 3.05) is 0 Å². The first-order chi connectivity index (χ1) is 6.54. The lowest BCUT2D eigenvalue weighted by atomic mass is 9.78. The van der Waals surface area contributed by atoms with Gasteiger partial charge in [-0.3, -0.25) is 0 Å². The molecule has 0 spiro atoms. The summed E-state index contributed by atoms with van der Waals surface area (Å²) in [5, 5.41) is 0. The van der Waals surface area contributed by atoms with Gasteiger partial charge in [-0.2, -0.15) is 0 Å². The molecule has 0 aliphatic carbocycles. The average molecular weight is 196 g/mol. The summed E-state index contributed by atoms with van der Waals surface area (Å²) >= 11 is 0. The number of allylic oxidation sites excluding steroid dienone is 1. The van der Waals surface area contributed by atoms with Crippen LogP contribution in [-0.2, 0) is 0 Å². The van der Waals surface area contributed by atoms with Crippen molar-refractivity contribution in [1.29, 1.82) is 0 Å². The Bertz CT molecular complexity index is 155. The molecule has 0 aliphatic heterocycles. The van der Waals surface area contributed by atoms with E-state index < -0.39 is 0 Å². The van der Waals surface area contributed by atoms with Crippen molar-refractivity contribution < 1.29 is 0 Å². The third-order valence-corrected chi connectivity index (χ3v) is 3.42. The molecule has 0 N–H and O–H groups in total. The number of hydrogen-bond acceptors (Lipinski definition) is 0. The quantitative estimate of drug-likeness (QED) is 0.500. The molecule has 14 heavy (non-hydrogen) atoms. The highest BCUT2D eigenvalue weighted by Crippen LogP contribution is 2.31. The Hall–Kier alpha value is -0.260. The van der Waals surface area contributed by atoms with E-state index in [0.29, 0.717) is 5.92 Å². The zero-order chi connectivity index (χ0) is 11.1. The highest BCUT2D eigenvalue weighted by molar-refractivity contribution is 5.04. The van der Waals surface area contributed by atoms with Gasteiger partial charge in [0.05, 0.1) is 0 Å². The van der Waals surface area contributed by atoms with Gasteiger partial charge in [-0.25, -0.2) is 0 Å². The third-order valence-electron chi connectivity index (χ3n) is 3.42. The van der Waals surface area contributed by atoms with Gasteiger partial charge in [0.15, 0.2) is 0 Å². The lowest BCUT2D eigenvalue weighted by Gasteiger charge is -2.27. The number of unbranched alkanes of at least 4 members (excludes halogenated alkanes) is 1. The van der Waals surface area contributed by atoms with E-state index in [2.05, 4.69) is 41.2 Å². The van der Waals surface area contributed by atoms with Gasteiger partial charge in [-0.05, 0) is 24.2 Å². The molecule has 0 bridgehead atoms. The zero-order valence-electron chi connectivity index (χ0n) is 10.8. The van der Waals surface area contributed by atoms with Gasteiger partial charge in [0.2, 0.25) is 0 Å². The van der Waals surface area contributed by atoms with Crippen molar-refractivity contribution in [1.82, 2.24) is 0 Å². The SMILES string of the molecule is C=C(C(C)C)C(CCCC)C(C)CC. The molecule has 0 aromatic heterocycles. The van der Waals surface area contributed by atoms with Crippen LogP contribution in [0.25, 0.3) is 0 Å². The molecule has 0 aromatic carbocycles. The fourth-order valence-corrected chi connectivity index (χ4v) is 1.97. The molecule has 84 valence electrons. The maximum absolute atomic E-state index is 4.28. The van der Waals surface area contributed by atoms with Gasteiger partial charge in [-0.1, -0.05) is 66.0 Å². The summed E-state index contributed by atoms with van der Waals surface area (Å²) in [6.45, 7) is 15.7. The van der Waals surface area contributed by atoms with Crippen LogP contribution in [0.4, 0.5) is 0 Å².